The van der Waals surface area contributed by atoms with Crippen LogP contribution in [0.1, 0.15) is 5.01 Å². The lowest BCUT2D eigenvalue weighted by Gasteiger charge is -2.25. The van der Waals surface area contributed by atoms with Gasteiger partial charge in [0.2, 0.25) is 0 Å². The van der Waals surface area contributed by atoms with Gasteiger partial charge in [0, 0.05) is 18.7 Å². The van der Waals surface area contributed by atoms with Crippen molar-refractivity contribution in [3.8, 4) is 10.6 Å². The Balaban J connectivity index is 1.74. The predicted octanol–water partition coefficient (Wildman–Crippen LogP) is 0.663. The van der Waals surface area contributed by atoms with E-state index in [0.717, 1.165) is 15.6 Å². The van der Waals surface area contributed by atoms with Crippen molar-refractivity contribution in [2.75, 3.05) is 13.1 Å². The quantitative estimate of drug-likeness (QED) is 0.842. The number of nitrogens with zero attached hydrogens (tertiary/aromatic N) is 3. The number of nitrogens with one attached hydrogen (secondary N) is 1. The van der Waals surface area contributed by atoms with Crippen LogP contribution in [0.25, 0.3) is 10.6 Å². The molecule has 0 bridgehead atoms. The molecule has 0 unspecified atom stereocenters. The van der Waals surface area contributed by atoms with Crippen LogP contribution in [0, 0.1) is 0 Å². The van der Waals surface area contributed by atoms with Gasteiger partial charge in [0.1, 0.15) is 10.0 Å². The number of piperazine rings is 1. The molecule has 1 fully saturated rings. The van der Waals surface area contributed by atoms with Crippen LogP contribution in [-0.4, -0.2) is 40.0 Å². The third-order valence-electron chi connectivity index (χ3n) is 2.96. The molecule has 6 nitrogen and oxygen atoms in total. The molecule has 2 amide bonds. The number of hydrogen-bond donors (Lipinski definition) is 1. The second kappa shape index (κ2) is 5.38. The normalized spacial score (nSPS) is 15.3. The average Bonchev–Trinajstić information content (AvgIpc) is 2.93. The molecule has 1 N–H and O–H groups in total. The lowest BCUT2D eigenvalue weighted by molar-refractivity contribution is -0.148. The average molecular weight is 288 g/mol. The molecule has 0 radical (unpaired) electrons. The summed E-state index contributed by atoms with van der Waals surface area (Å²) in [7, 11) is 0. The maximum atomic E-state index is 11.7. The lowest BCUT2D eigenvalue weighted by Crippen LogP contribution is -2.51. The summed E-state index contributed by atoms with van der Waals surface area (Å²) in [6.07, 6.45) is 0. The van der Waals surface area contributed by atoms with Crippen LogP contribution in [0.4, 0.5) is 0 Å². The van der Waals surface area contributed by atoms with E-state index in [0.29, 0.717) is 19.6 Å². The first kappa shape index (κ1) is 12.7. The molecule has 20 heavy (non-hydrogen) atoms. The predicted molar refractivity (Wildman–Crippen MR) is 73.8 cm³/mol. The number of benzene rings is 1. The first-order valence-electron chi connectivity index (χ1n) is 6.19. The summed E-state index contributed by atoms with van der Waals surface area (Å²) in [5.41, 5.74) is 0.999. The minimum atomic E-state index is -0.552. The molecule has 1 saturated heterocycles. The molecule has 1 aliphatic heterocycles. The van der Waals surface area contributed by atoms with Gasteiger partial charge in [0.15, 0.2) is 0 Å². The minimum Gasteiger partial charge on any atom is -0.346 e. The first-order valence-corrected chi connectivity index (χ1v) is 7.00. The summed E-state index contributed by atoms with van der Waals surface area (Å²) in [4.78, 5) is 24.5. The molecule has 1 aromatic carbocycles. The van der Waals surface area contributed by atoms with Crippen LogP contribution >= 0.6 is 11.3 Å². The Kier molecular flexibility index (Phi) is 3.42. The van der Waals surface area contributed by atoms with Crippen molar-refractivity contribution in [2.45, 2.75) is 6.54 Å². The molecular formula is C13H12N4O2S. The summed E-state index contributed by atoms with van der Waals surface area (Å²) < 4.78 is 0. The van der Waals surface area contributed by atoms with E-state index in [2.05, 4.69) is 15.5 Å². The van der Waals surface area contributed by atoms with Gasteiger partial charge in [0.05, 0.1) is 6.54 Å². The van der Waals surface area contributed by atoms with Crippen LogP contribution < -0.4 is 5.32 Å². The summed E-state index contributed by atoms with van der Waals surface area (Å²) in [5.74, 6) is -1.06. The molecule has 7 heteroatoms. The molecule has 0 atom stereocenters. The van der Waals surface area contributed by atoms with Gasteiger partial charge in [0.25, 0.3) is 0 Å². The Morgan fingerprint density at radius 1 is 1.20 bits per heavy atom. The molecule has 0 spiro atoms. The Hall–Kier alpha value is -2.28. The van der Waals surface area contributed by atoms with E-state index in [-0.39, 0.29) is 0 Å². The smallest absolute Gasteiger partial charge is 0.312 e. The van der Waals surface area contributed by atoms with Gasteiger partial charge in [-0.3, -0.25) is 9.59 Å². The maximum Gasteiger partial charge on any atom is 0.312 e. The van der Waals surface area contributed by atoms with Gasteiger partial charge >= 0.3 is 11.8 Å². The van der Waals surface area contributed by atoms with Gasteiger partial charge in [-0.15, -0.1) is 10.2 Å². The van der Waals surface area contributed by atoms with Crippen molar-refractivity contribution in [3.05, 3.63) is 35.3 Å². The number of hydrogen-bond acceptors (Lipinski definition) is 5. The van der Waals surface area contributed by atoms with E-state index in [4.69, 9.17) is 0 Å². The largest absolute Gasteiger partial charge is 0.346 e. The summed E-state index contributed by atoms with van der Waals surface area (Å²) in [6, 6.07) is 9.74. The fourth-order valence-electron chi connectivity index (χ4n) is 1.95. The number of carbonyl (C=O) groups excluding carboxylic acids is 2. The molecule has 0 saturated carbocycles. The highest BCUT2D eigenvalue weighted by molar-refractivity contribution is 7.14. The van der Waals surface area contributed by atoms with Crippen molar-refractivity contribution in [3.63, 3.8) is 0 Å². The monoisotopic (exact) mass is 288 g/mol. The molecule has 3 rings (SSSR count). The van der Waals surface area contributed by atoms with Gasteiger partial charge in [-0.25, -0.2) is 0 Å². The molecular weight excluding hydrogens is 276 g/mol. The highest BCUT2D eigenvalue weighted by Gasteiger charge is 2.26. The Morgan fingerprint density at radius 2 is 2.00 bits per heavy atom. The van der Waals surface area contributed by atoms with Crippen molar-refractivity contribution in [1.29, 1.82) is 0 Å². The topological polar surface area (TPSA) is 75.2 Å². The van der Waals surface area contributed by atoms with Gasteiger partial charge in [-0.1, -0.05) is 41.7 Å². The van der Waals surface area contributed by atoms with E-state index in [9.17, 15) is 9.59 Å². The van der Waals surface area contributed by atoms with Crippen LogP contribution in [0.2, 0.25) is 0 Å². The highest BCUT2D eigenvalue weighted by atomic mass is 32.1. The Bertz CT molecular complexity index is 641. The van der Waals surface area contributed by atoms with Crippen molar-refractivity contribution in [1.82, 2.24) is 20.4 Å². The highest BCUT2D eigenvalue weighted by Crippen LogP contribution is 2.23. The van der Waals surface area contributed by atoms with Crippen molar-refractivity contribution >= 4 is 23.2 Å². The van der Waals surface area contributed by atoms with Gasteiger partial charge < -0.3 is 10.2 Å². The second-order valence-electron chi connectivity index (χ2n) is 4.35. The Morgan fingerprint density at radius 3 is 2.80 bits per heavy atom. The first-order chi connectivity index (χ1) is 9.74. The van der Waals surface area contributed by atoms with Crippen molar-refractivity contribution < 1.29 is 9.59 Å². The fourth-order valence-corrected chi connectivity index (χ4v) is 2.81. The van der Waals surface area contributed by atoms with Crippen LogP contribution in [0.3, 0.4) is 0 Å². The SMILES string of the molecule is O=C1NCCN(Cc2nnc(-c3ccccc3)s2)C1=O. The van der Waals surface area contributed by atoms with E-state index in [1.165, 1.54) is 16.2 Å². The summed E-state index contributed by atoms with van der Waals surface area (Å²) in [6.45, 7) is 1.32. The summed E-state index contributed by atoms with van der Waals surface area (Å²) >= 11 is 1.44. The minimum absolute atomic E-state index is 0.330. The van der Waals surface area contributed by atoms with Crippen molar-refractivity contribution in [2.24, 2.45) is 0 Å². The zero-order valence-corrected chi connectivity index (χ0v) is 11.4. The number of aromatic nitrogens is 2. The van der Waals surface area contributed by atoms with E-state index < -0.39 is 11.8 Å². The third-order valence-corrected chi connectivity index (χ3v) is 3.92. The molecule has 2 aromatic rings. The van der Waals surface area contributed by atoms with Gasteiger partial charge in [-0.2, -0.15) is 0 Å². The molecule has 1 aliphatic rings. The van der Waals surface area contributed by atoms with Crippen LogP contribution in [0.5, 0.6) is 0 Å². The molecule has 0 aliphatic carbocycles. The number of carbonyl (C=O) groups is 2. The zero-order chi connectivity index (χ0) is 13.9. The van der Waals surface area contributed by atoms with E-state index in [1.807, 2.05) is 30.3 Å². The molecule has 1 aromatic heterocycles. The van der Waals surface area contributed by atoms with Crippen LogP contribution in [0.15, 0.2) is 30.3 Å². The third kappa shape index (κ3) is 2.53. The number of rotatable bonds is 3. The Labute approximate surface area is 119 Å². The number of amides is 2. The summed E-state index contributed by atoms with van der Waals surface area (Å²) in [5, 5.41) is 12.3. The molecule has 2 heterocycles. The lowest BCUT2D eigenvalue weighted by atomic mass is 10.2. The fraction of sp³-hybridized carbons (Fsp3) is 0.231. The van der Waals surface area contributed by atoms with Crippen LogP contribution in [-0.2, 0) is 16.1 Å². The molecule has 102 valence electrons. The standard InChI is InChI=1S/C13H12N4O2S/c18-11-13(19)17(7-6-14-11)8-10-15-16-12(20-10)9-4-2-1-3-5-9/h1-5H,6-8H2,(H,14,18). The van der Waals surface area contributed by atoms with Gasteiger partial charge in [-0.05, 0) is 0 Å². The maximum absolute atomic E-state index is 11.7. The zero-order valence-electron chi connectivity index (χ0n) is 10.6. The van der Waals surface area contributed by atoms with E-state index in [1.54, 1.807) is 0 Å². The second-order valence-corrected chi connectivity index (χ2v) is 5.41. The van der Waals surface area contributed by atoms with E-state index >= 15 is 0 Å².